The monoisotopic (exact) mass is 537 g/mol. The smallest absolute Gasteiger partial charge is 0.220 e. The van der Waals surface area contributed by atoms with Crippen LogP contribution in [0.3, 0.4) is 0 Å². The summed E-state index contributed by atoms with van der Waals surface area (Å²) < 4.78 is 5.53. The van der Waals surface area contributed by atoms with Gasteiger partial charge in [0.25, 0.3) is 0 Å². The fourth-order valence-electron chi connectivity index (χ4n) is 4.10. The Kier molecular flexibility index (Phi) is 15.6. The molecule has 1 aromatic heterocycles. The van der Waals surface area contributed by atoms with Crippen molar-refractivity contribution >= 4 is 33.3 Å². The lowest BCUT2D eigenvalue weighted by Crippen LogP contribution is -2.34. The molecule has 1 amide bonds. The molecule has 2 heterocycles. The highest BCUT2D eigenvalue weighted by atomic mass is 79.9. The van der Waals surface area contributed by atoms with Crippen molar-refractivity contribution in [3.63, 3.8) is 0 Å². The first-order valence-corrected chi connectivity index (χ1v) is 13.7. The number of carbonyl (C=O) groups excluding carboxylic acids is 1. The number of nitrogens with zero attached hydrogens (tertiary/aromatic N) is 2. The molecular formula is C26H44BrN5O2. The van der Waals surface area contributed by atoms with Gasteiger partial charge in [-0.25, -0.2) is 10.8 Å². The minimum absolute atomic E-state index is 0.111. The molecule has 0 saturated carbocycles. The molecule has 1 aliphatic rings. The average Bonchev–Trinajstić information content (AvgIpc) is 2.87. The number of ether oxygens (including phenoxy) is 1. The van der Waals surface area contributed by atoms with E-state index < -0.39 is 0 Å². The van der Waals surface area contributed by atoms with E-state index in [1.807, 2.05) is 6.92 Å². The van der Waals surface area contributed by atoms with Crippen LogP contribution in [0.4, 0.5) is 11.5 Å². The van der Waals surface area contributed by atoms with E-state index in [1.54, 1.807) is 5.01 Å². The van der Waals surface area contributed by atoms with E-state index in [0.29, 0.717) is 25.6 Å². The van der Waals surface area contributed by atoms with E-state index in [4.69, 9.17) is 15.6 Å². The Morgan fingerprint density at radius 1 is 1.18 bits per heavy atom. The van der Waals surface area contributed by atoms with Gasteiger partial charge in [-0.1, -0.05) is 42.1 Å². The first kappa shape index (κ1) is 30.2. The SMILES string of the molecule is C#C.CCc1nc(N(N)CC)c(C)c(NC2CCOCC2)c1CNC(=O)CCCCCCCBr. The summed E-state index contributed by atoms with van der Waals surface area (Å²) in [5, 5.41) is 9.65. The van der Waals surface area contributed by atoms with E-state index in [0.717, 1.165) is 79.0 Å². The number of hydrazine groups is 1. The molecule has 0 aliphatic carbocycles. The summed E-state index contributed by atoms with van der Waals surface area (Å²) >= 11 is 3.46. The molecule has 1 saturated heterocycles. The number of amides is 1. The van der Waals surface area contributed by atoms with E-state index in [-0.39, 0.29) is 5.91 Å². The maximum atomic E-state index is 12.5. The van der Waals surface area contributed by atoms with Gasteiger partial charge in [0, 0.05) is 66.6 Å². The van der Waals surface area contributed by atoms with Crippen molar-refractivity contribution in [1.29, 1.82) is 0 Å². The minimum atomic E-state index is 0.111. The van der Waals surface area contributed by atoms with Crippen LogP contribution in [0.25, 0.3) is 0 Å². The van der Waals surface area contributed by atoms with E-state index in [2.05, 4.69) is 53.3 Å². The molecule has 34 heavy (non-hydrogen) atoms. The predicted octanol–water partition coefficient (Wildman–Crippen LogP) is 4.84. The lowest BCUT2D eigenvalue weighted by Gasteiger charge is -2.29. The predicted molar refractivity (Wildman–Crippen MR) is 146 cm³/mol. The topological polar surface area (TPSA) is 92.5 Å². The standard InChI is InChI=1S/C24H42BrN5O2.C2H2/c1-4-21-20(17-27-22(31)11-9-7-6-8-10-14-25)23(28-19-12-15-32-16-13-19)18(3)24(29-21)30(26)5-2;1-2/h19H,4-17,26H2,1-3H3,(H,27,31)(H,28,29);1-2H. The van der Waals surface area contributed by atoms with Crippen molar-refractivity contribution in [2.45, 2.75) is 91.1 Å². The van der Waals surface area contributed by atoms with Crippen LogP contribution in [0, 0.1) is 19.8 Å². The molecule has 4 N–H and O–H groups in total. The second kappa shape index (κ2) is 17.6. The first-order chi connectivity index (χ1) is 16.5. The van der Waals surface area contributed by atoms with Gasteiger partial charge < -0.3 is 15.4 Å². The second-order valence-corrected chi connectivity index (χ2v) is 9.31. The largest absolute Gasteiger partial charge is 0.381 e. The fourth-order valence-corrected chi connectivity index (χ4v) is 4.50. The van der Waals surface area contributed by atoms with Gasteiger partial charge in [-0.2, -0.15) is 0 Å². The van der Waals surface area contributed by atoms with Crippen molar-refractivity contribution in [2.24, 2.45) is 5.84 Å². The Morgan fingerprint density at radius 3 is 2.44 bits per heavy atom. The molecule has 2 rings (SSSR count). The molecule has 1 aliphatic heterocycles. The Bertz CT molecular complexity index is 750. The zero-order valence-corrected chi connectivity index (χ0v) is 22.9. The molecule has 1 aromatic rings. The van der Waals surface area contributed by atoms with Gasteiger partial charge in [0.15, 0.2) is 0 Å². The molecule has 192 valence electrons. The number of nitrogens with two attached hydrogens (primary N) is 1. The van der Waals surface area contributed by atoms with Gasteiger partial charge >= 0.3 is 0 Å². The number of anilines is 2. The Morgan fingerprint density at radius 2 is 1.82 bits per heavy atom. The van der Waals surface area contributed by atoms with Gasteiger partial charge in [0.05, 0.1) is 0 Å². The number of terminal acetylenes is 1. The third-order valence-corrected chi connectivity index (χ3v) is 6.68. The second-order valence-electron chi connectivity index (χ2n) is 8.51. The van der Waals surface area contributed by atoms with Crippen LogP contribution in [0.2, 0.25) is 0 Å². The van der Waals surface area contributed by atoms with Gasteiger partial charge in [-0.05, 0) is 46.0 Å². The van der Waals surface area contributed by atoms with Crippen molar-refractivity contribution in [2.75, 3.05) is 35.4 Å². The van der Waals surface area contributed by atoms with Crippen molar-refractivity contribution in [1.82, 2.24) is 10.3 Å². The van der Waals surface area contributed by atoms with Crippen LogP contribution in [0.1, 0.15) is 82.0 Å². The molecule has 1 fully saturated rings. The molecule has 0 bridgehead atoms. The molecule has 0 aromatic carbocycles. The van der Waals surface area contributed by atoms with Crippen LogP contribution in [0.15, 0.2) is 0 Å². The van der Waals surface area contributed by atoms with Crippen LogP contribution in [-0.2, 0) is 22.5 Å². The number of rotatable bonds is 14. The average molecular weight is 539 g/mol. The summed E-state index contributed by atoms with van der Waals surface area (Å²) in [6.07, 6.45) is 17.0. The number of hydrogen-bond donors (Lipinski definition) is 3. The Balaban J connectivity index is 0.00000281. The van der Waals surface area contributed by atoms with E-state index in [1.165, 1.54) is 19.3 Å². The van der Waals surface area contributed by atoms with Crippen LogP contribution >= 0.6 is 15.9 Å². The van der Waals surface area contributed by atoms with Crippen molar-refractivity contribution < 1.29 is 9.53 Å². The quantitative estimate of drug-likeness (QED) is 0.103. The summed E-state index contributed by atoms with van der Waals surface area (Å²) in [5.74, 6) is 7.16. The summed E-state index contributed by atoms with van der Waals surface area (Å²) in [5.41, 5.74) is 4.17. The fraction of sp³-hybridized carbons (Fsp3) is 0.692. The van der Waals surface area contributed by atoms with Crippen LogP contribution in [-0.4, -0.2) is 42.0 Å². The number of unbranched alkanes of at least 4 members (excludes halogenated alkanes) is 4. The van der Waals surface area contributed by atoms with Crippen molar-refractivity contribution in [3.05, 3.63) is 16.8 Å². The maximum Gasteiger partial charge on any atom is 0.220 e. The highest BCUT2D eigenvalue weighted by molar-refractivity contribution is 9.09. The molecule has 0 unspecified atom stereocenters. The summed E-state index contributed by atoms with van der Waals surface area (Å²) in [6.45, 7) is 8.90. The number of hydrogen-bond acceptors (Lipinski definition) is 6. The summed E-state index contributed by atoms with van der Waals surface area (Å²) in [6, 6.07) is 0.351. The van der Waals surface area contributed by atoms with Crippen molar-refractivity contribution in [3.8, 4) is 12.8 Å². The number of nitrogens with one attached hydrogen (secondary N) is 2. The number of aryl methyl sites for hydroxylation is 1. The maximum absolute atomic E-state index is 12.5. The van der Waals surface area contributed by atoms with E-state index in [9.17, 15) is 4.79 Å². The molecule has 0 atom stereocenters. The van der Waals surface area contributed by atoms with E-state index >= 15 is 0 Å². The number of pyridine rings is 1. The third kappa shape index (κ3) is 9.81. The van der Waals surface area contributed by atoms with Crippen LogP contribution < -0.4 is 21.5 Å². The highest BCUT2D eigenvalue weighted by Crippen LogP contribution is 2.32. The molecule has 8 heteroatoms. The molecule has 7 nitrogen and oxygen atoms in total. The third-order valence-electron chi connectivity index (χ3n) is 6.12. The number of alkyl halides is 1. The van der Waals surface area contributed by atoms with Gasteiger partial charge in [0.1, 0.15) is 5.82 Å². The van der Waals surface area contributed by atoms with Gasteiger partial charge in [-0.3, -0.25) is 9.80 Å². The molecule has 0 spiro atoms. The lowest BCUT2D eigenvalue weighted by molar-refractivity contribution is -0.121. The zero-order valence-electron chi connectivity index (χ0n) is 21.3. The van der Waals surface area contributed by atoms with Crippen LogP contribution in [0.5, 0.6) is 0 Å². The summed E-state index contributed by atoms with van der Waals surface area (Å²) in [7, 11) is 0. The van der Waals surface area contributed by atoms with Gasteiger partial charge in [-0.15, -0.1) is 12.8 Å². The Hall–Kier alpha value is -1.82. The Labute approximate surface area is 215 Å². The number of halogens is 1. The molecular weight excluding hydrogens is 494 g/mol. The zero-order chi connectivity index (χ0) is 25.3. The number of carbonyl (C=O) groups is 1. The summed E-state index contributed by atoms with van der Waals surface area (Å²) in [4.78, 5) is 17.4. The lowest BCUT2D eigenvalue weighted by atomic mass is 10.0. The highest BCUT2D eigenvalue weighted by Gasteiger charge is 2.22. The molecule has 0 radical (unpaired) electrons. The first-order valence-electron chi connectivity index (χ1n) is 12.6. The normalized spacial score (nSPS) is 13.6. The number of aromatic nitrogens is 1. The van der Waals surface area contributed by atoms with Gasteiger partial charge in [0.2, 0.25) is 5.91 Å². The minimum Gasteiger partial charge on any atom is -0.381 e.